The highest BCUT2D eigenvalue weighted by Crippen LogP contribution is 2.39. The molecule has 2 heterocycles. The van der Waals surface area contributed by atoms with Gasteiger partial charge in [0.15, 0.2) is 0 Å². The first kappa shape index (κ1) is 35.4. The molecular formula is C34H34ClF3N6O5. The predicted molar refractivity (Wildman–Crippen MR) is 173 cm³/mol. The van der Waals surface area contributed by atoms with Crippen LogP contribution in [-0.4, -0.2) is 75.8 Å². The summed E-state index contributed by atoms with van der Waals surface area (Å²) in [5, 5.41) is 23.7. The Morgan fingerprint density at radius 3 is 2.47 bits per heavy atom. The third-order valence-corrected chi connectivity index (χ3v) is 8.32. The zero-order valence-electron chi connectivity index (χ0n) is 26.8. The van der Waals surface area contributed by atoms with Gasteiger partial charge in [0.05, 0.1) is 24.7 Å². The van der Waals surface area contributed by atoms with Crippen LogP contribution < -0.4 is 15.1 Å². The van der Waals surface area contributed by atoms with Crippen LogP contribution in [0.1, 0.15) is 50.8 Å². The quantitative estimate of drug-likeness (QED) is 0.344. The average molecular weight is 699 g/mol. The molecule has 0 bridgehead atoms. The monoisotopic (exact) mass is 698 g/mol. The number of amides is 3. The molecule has 2 aromatic carbocycles. The Morgan fingerprint density at radius 2 is 1.84 bits per heavy atom. The number of carbonyl (C=O) groups excluding carboxylic acids is 3. The Hall–Kier alpha value is -4.87. The lowest BCUT2D eigenvalue weighted by atomic mass is 9.87. The number of aliphatic hydroxyl groups is 1. The second-order valence-corrected chi connectivity index (χ2v) is 13.3. The molecule has 0 spiro atoms. The Kier molecular flexibility index (Phi) is 10.1. The van der Waals surface area contributed by atoms with E-state index in [0.717, 1.165) is 21.9 Å². The van der Waals surface area contributed by atoms with Gasteiger partial charge in [0.25, 0.3) is 11.8 Å². The van der Waals surface area contributed by atoms with Gasteiger partial charge < -0.3 is 25.0 Å². The molecule has 49 heavy (non-hydrogen) atoms. The van der Waals surface area contributed by atoms with Crippen molar-refractivity contribution in [2.45, 2.75) is 69.5 Å². The van der Waals surface area contributed by atoms with Crippen molar-refractivity contribution in [3.05, 3.63) is 88.8 Å². The zero-order chi connectivity index (χ0) is 35.7. The van der Waals surface area contributed by atoms with Gasteiger partial charge in [0.2, 0.25) is 5.91 Å². The van der Waals surface area contributed by atoms with Crippen molar-refractivity contribution in [1.82, 2.24) is 15.2 Å². The molecule has 1 saturated heterocycles. The third kappa shape index (κ3) is 8.06. The Labute approximate surface area is 285 Å². The summed E-state index contributed by atoms with van der Waals surface area (Å²) >= 11 is 6.58. The Morgan fingerprint density at radius 1 is 1.12 bits per heavy atom. The molecule has 3 atom stereocenters. The van der Waals surface area contributed by atoms with Crippen LogP contribution >= 0.6 is 11.6 Å². The number of alkyl halides is 2. The number of carbonyl (C=O) groups is 3. The number of piperazine rings is 1. The molecule has 258 valence electrons. The van der Waals surface area contributed by atoms with Crippen LogP contribution in [0.3, 0.4) is 0 Å². The van der Waals surface area contributed by atoms with Crippen LogP contribution in [0.2, 0.25) is 5.02 Å². The van der Waals surface area contributed by atoms with E-state index in [2.05, 4.69) is 10.3 Å². The van der Waals surface area contributed by atoms with E-state index in [-0.39, 0.29) is 34.2 Å². The van der Waals surface area contributed by atoms with Gasteiger partial charge in [-0.3, -0.25) is 14.5 Å². The molecule has 0 radical (unpaired) electrons. The van der Waals surface area contributed by atoms with Crippen molar-refractivity contribution in [2.24, 2.45) is 0 Å². The highest BCUT2D eigenvalue weighted by Gasteiger charge is 2.49. The minimum absolute atomic E-state index is 0.00313. The van der Waals surface area contributed by atoms with Crippen LogP contribution in [-0.2, 0) is 14.3 Å². The number of anilines is 2. The lowest BCUT2D eigenvalue weighted by Crippen LogP contribution is -2.66. The van der Waals surface area contributed by atoms with E-state index in [1.807, 2.05) is 6.07 Å². The lowest BCUT2D eigenvalue weighted by Gasteiger charge is -2.46. The van der Waals surface area contributed by atoms with E-state index in [4.69, 9.17) is 16.3 Å². The molecule has 1 aliphatic heterocycles. The number of nitrogens with one attached hydrogen (secondary N) is 1. The molecule has 11 nitrogen and oxygen atoms in total. The second kappa shape index (κ2) is 13.9. The average Bonchev–Trinajstić information content (AvgIpc) is 3.01. The van der Waals surface area contributed by atoms with E-state index >= 15 is 4.79 Å². The fourth-order valence-electron chi connectivity index (χ4n) is 5.81. The van der Waals surface area contributed by atoms with Crippen molar-refractivity contribution < 1.29 is 37.4 Å². The van der Waals surface area contributed by atoms with Gasteiger partial charge in [-0.1, -0.05) is 35.9 Å². The number of β-amino-alcohol motifs (C(OH)–C–C–N with tert-alkyl or cyclic N) is 1. The third-order valence-electron chi connectivity index (χ3n) is 7.98. The molecule has 1 aromatic heterocycles. The molecule has 1 aliphatic carbocycles. The van der Waals surface area contributed by atoms with Gasteiger partial charge in [-0.15, -0.1) is 0 Å². The summed E-state index contributed by atoms with van der Waals surface area (Å²) in [7, 11) is 0. The molecule has 2 N–H and O–H groups in total. The molecule has 3 unspecified atom stereocenters. The van der Waals surface area contributed by atoms with E-state index < -0.39 is 79.0 Å². The van der Waals surface area contributed by atoms with E-state index in [9.17, 15) is 33.1 Å². The van der Waals surface area contributed by atoms with Crippen molar-refractivity contribution in [3.63, 3.8) is 0 Å². The van der Waals surface area contributed by atoms with Crippen molar-refractivity contribution in [1.29, 1.82) is 5.26 Å². The van der Waals surface area contributed by atoms with Crippen molar-refractivity contribution in [2.75, 3.05) is 22.9 Å². The second-order valence-electron chi connectivity index (χ2n) is 12.9. The minimum Gasteiger partial charge on any atom is -0.444 e. The summed E-state index contributed by atoms with van der Waals surface area (Å²) in [6.45, 7) is 4.21. The van der Waals surface area contributed by atoms with Crippen molar-refractivity contribution in [3.8, 4) is 6.07 Å². The summed E-state index contributed by atoms with van der Waals surface area (Å²) in [4.78, 5) is 50.0. The predicted octanol–water partition coefficient (Wildman–Crippen LogP) is 5.18. The number of nitrogens with zero attached hydrogens (tertiary/aromatic N) is 5. The first-order valence-corrected chi connectivity index (χ1v) is 15.8. The van der Waals surface area contributed by atoms with Crippen LogP contribution in [0.5, 0.6) is 0 Å². The van der Waals surface area contributed by atoms with Crippen LogP contribution in [0.15, 0.2) is 66.9 Å². The Balaban J connectivity index is 1.66. The molecule has 1 saturated carbocycles. The number of aliphatic hydroxyl groups excluding tert-OH is 1. The van der Waals surface area contributed by atoms with Crippen LogP contribution in [0.4, 0.5) is 29.5 Å². The van der Waals surface area contributed by atoms with Crippen LogP contribution in [0, 0.1) is 17.1 Å². The fraction of sp³-hybridized carbons (Fsp3) is 0.382. The Bertz CT molecular complexity index is 1780. The summed E-state index contributed by atoms with van der Waals surface area (Å²) in [6, 6.07) is 11.6. The van der Waals surface area contributed by atoms with Gasteiger partial charge in [0, 0.05) is 41.4 Å². The molecule has 3 aromatic rings. The number of nitriles is 1. The van der Waals surface area contributed by atoms with E-state index in [1.54, 1.807) is 32.9 Å². The number of aromatic nitrogens is 1. The highest BCUT2D eigenvalue weighted by molar-refractivity contribution is 6.31. The zero-order valence-corrected chi connectivity index (χ0v) is 27.6. The van der Waals surface area contributed by atoms with Gasteiger partial charge in [-0.25, -0.2) is 22.9 Å². The largest absolute Gasteiger partial charge is 0.444 e. The maximum atomic E-state index is 15.1. The normalized spacial score (nSPS) is 19.7. The van der Waals surface area contributed by atoms with Gasteiger partial charge in [-0.2, -0.15) is 5.26 Å². The lowest BCUT2D eigenvalue weighted by molar-refractivity contribution is -0.133. The number of rotatable bonds is 7. The highest BCUT2D eigenvalue weighted by atomic mass is 35.5. The number of hydrogen-bond acceptors (Lipinski definition) is 8. The maximum absolute atomic E-state index is 15.1. The summed E-state index contributed by atoms with van der Waals surface area (Å²) in [6.07, 6.45) is -2.34. The van der Waals surface area contributed by atoms with Gasteiger partial charge in [-0.05, 0) is 57.2 Å². The smallest absolute Gasteiger partial charge is 0.410 e. The van der Waals surface area contributed by atoms with Gasteiger partial charge >= 0.3 is 6.09 Å². The number of hydrogen-bond donors (Lipinski definition) is 2. The first-order valence-electron chi connectivity index (χ1n) is 15.4. The minimum atomic E-state index is -2.97. The summed E-state index contributed by atoms with van der Waals surface area (Å²) < 4.78 is 47.9. The number of halogens is 4. The van der Waals surface area contributed by atoms with Crippen LogP contribution in [0.25, 0.3) is 0 Å². The SMILES string of the molecule is CC(C)(C)OC(=O)N1CC(O)N(c2cc(C#N)ccn2)C(C(=O)N(c2cccc(F)c2)C(C(=O)NC2CC(F)(F)C2)c2ccccc2Cl)C1. The summed E-state index contributed by atoms with van der Waals surface area (Å²) in [5.74, 6) is -5.51. The molecule has 5 rings (SSSR count). The molecule has 3 amide bonds. The molecule has 2 fully saturated rings. The van der Waals surface area contributed by atoms with E-state index in [0.29, 0.717) is 0 Å². The summed E-state index contributed by atoms with van der Waals surface area (Å²) in [5.41, 5.74) is -0.778. The fourth-order valence-corrected chi connectivity index (χ4v) is 6.05. The molecular weight excluding hydrogens is 665 g/mol. The standard InChI is InChI=1S/C34H34ClF3N6O5/c1-33(2,3)49-32(48)42-18-26(44(28(45)19-42)27-13-20(17-39)11-12-40-27)31(47)43(23-8-6-7-21(36)14-23)29(24-9-4-5-10-25(24)35)30(46)41-22-15-34(37,38)16-22/h4-14,22,26,28-29,45H,15-16,18-19H2,1-3H3,(H,41,46). The first-order chi connectivity index (χ1) is 23.1. The number of pyridine rings is 1. The topological polar surface area (TPSA) is 139 Å². The van der Waals surface area contributed by atoms with Crippen molar-refractivity contribution >= 4 is 41.0 Å². The number of ether oxygens (including phenoxy) is 1. The van der Waals surface area contributed by atoms with Gasteiger partial charge in [0.1, 0.15) is 35.5 Å². The molecule has 15 heteroatoms. The maximum Gasteiger partial charge on any atom is 0.410 e. The molecule has 2 aliphatic rings. The number of benzene rings is 2. The van der Waals surface area contributed by atoms with E-state index in [1.165, 1.54) is 47.5 Å².